The van der Waals surface area contributed by atoms with Gasteiger partial charge in [-0.2, -0.15) is 4.98 Å². The van der Waals surface area contributed by atoms with Gasteiger partial charge < -0.3 is 19.3 Å². The Labute approximate surface area is 257 Å². The third-order valence-electron chi connectivity index (χ3n) is 8.72. The molecule has 0 spiro atoms. The zero-order valence-corrected chi connectivity index (χ0v) is 24.9. The number of nitrogens with zero attached hydrogens (tertiary/aromatic N) is 5. The molecule has 6 aromatic rings. The number of ether oxygens (including phenoxy) is 3. The Kier molecular flexibility index (Phi) is 7.14. The molecular weight excluding hydrogens is 577 g/mol. The van der Waals surface area contributed by atoms with Crippen molar-refractivity contribution in [3.05, 3.63) is 125 Å². The summed E-state index contributed by atoms with van der Waals surface area (Å²) in [5, 5.41) is 10.8. The molecule has 11 heteroatoms. The summed E-state index contributed by atoms with van der Waals surface area (Å²) in [7, 11) is 3.23. The van der Waals surface area contributed by atoms with Crippen molar-refractivity contribution in [2.24, 2.45) is 0 Å². The Morgan fingerprint density at radius 1 is 0.911 bits per heavy atom. The first-order chi connectivity index (χ1) is 21.9. The van der Waals surface area contributed by atoms with Crippen molar-refractivity contribution in [2.75, 3.05) is 14.2 Å². The molecule has 10 nitrogen and oxygen atoms in total. The minimum Gasteiger partial charge on any atom is -0.497 e. The van der Waals surface area contributed by atoms with Gasteiger partial charge in [-0.15, -0.1) is 0 Å². The van der Waals surface area contributed by atoms with Gasteiger partial charge in [0.1, 0.15) is 23.1 Å². The van der Waals surface area contributed by atoms with Crippen LogP contribution in [0, 0.1) is 0 Å². The molecule has 0 unspecified atom stereocenters. The van der Waals surface area contributed by atoms with E-state index >= 15 is 0 Å². The number of methoxy groups -OCH3 is 2. The van der Waals surface area contributed by atoms with Gasteiger partial charge in [0, 0.05) is 12.4 Å². The molecule has 45 heavy (non-hydrogen) atoms. The monoisotopic (exact) mass is 609 g/mol. The van der Waals surface area contributed by atoms with Crippen molar-refractivity contribution >= 4 is 16.9 Å². The number of aliphatic hydroxyl groups excluding tert-OH is 1. The highest BCUT2D eigenvalue weighted by Crippen LogP contribution is 2.43. The third kappa shape index (κ3) is 4.33. The summed E-state index contributed by atoms with van der Waals surface area (Å²) < 4.78 is 36.6. The van der Waals surface area contributed by atoms with Crippen molar-refractivity contribution in [3.8, 4) is 11.5 Å². The number of benzene rings is 3. The number of hydrogen-bond donors (Lipinski definition) is 1. The molecule has 1 aliphatic rings. The molecule has 1 N–H and O–H groups in total. The molecule has 4 atom stereocenters. The highest BCUT2D eigenvalue weighted by atomic mass is 19.1. The predicted octanol–water partition coefficient (Wildman–Crippen LogP) is 4.71. The largest absolute Gasteiger partial charge is 0.497 e. The van der Waals surface area contributed by atoms with Gasteiger partial charge in [0.25, 0.3) is 5.56 Å². The quantitative estimate of drug-likeness (QED) is 0.249. The molecule has 0 saturated carbocycles. The van der Waals surface area contributed by atoms with E-state index in [9.17, 15) is 14.3 Å². The van der Waals surface area contributed by atoms with Crippen LogP contribution in [0.4, 0.5) is 4.39 Å². The second-order valence-corrected chi connectivity index (χ2v) is 11.0. The fourth-order valence-corrected chi connectivity index (χ4v) is 6.45. The first-order valence-corrected chi connectivity index (χ1v) is 14.7. The Bertz CT molecular complexity index is 1970. The van der Waals surface area contributed by atoms with Crippen LogP contribution < -0.4 is 15.0 Å². The molecule has 7 rings (SSSR count). The fourth-order valence-electron chi connectivity index (χ4n) is 6.45. The van der Waals surface area contributed by atoms with E-state index in [1.54, 1.807) is 27.3 Å². The van der Waals surface area contributed by atoms with E-state index in [1.807, 2.05) is 89.6 Å². The topological polar surface area (TPSA) is 105 Å². The maximum Gasteiger partial charge on any atom is 0.287 e. The van der Waals surface area contributed by atoms with E-state index in [2.05, 4.69) is 4.98 Å². The zero-order valence-electron chi connectivity index (χ0n) is 24.9. The molecule has 3 aromatic heterocycles. The smallest absolute Gasteiger partial charge is 0.287 e. The van der Waals surface area contributed by atoms with E-state index < -0.39 is 35.7 Å². The molecule has 1 fully saturated rings. The van der Waals surface area contributed by atoms with Gasteiger partial charge in [-0.05, 0) is 47.4 Å². The van der Waals surface area contributed by atoms with Crippen molar-refractivity contribution in [3.63, 3.8) is 0 Å². The van der Waals surface area contributed by atoms with Gasteiger partial charge in [0.2, 0.25) is 5.78 Å². The fraction of sp³-hybridized carbons (Fsp3) is 0.265. The van der Waals surface area contributed by atoms with Crippen molar-refractivity contribution in [1.82, 2.24) is 23.5 Å². The summed E-state index contributed by atoms with van der Waals surface area (Å²) in [4.78, 5) is 23.2. The van der Waals surface area contributed by atoms with Crippen LogP contribution in [0.1, 0.15) is 36.3 Å². The van der Waals surface area contributed by atoms with Gasteiger partial charge in [-0.3, -0.25) is 13.9 Å². The van der Waals surface area contributed by atoms with Crippen molar-refractivity contribution in [2.45, 2.75) is 43.5 Å². The first-order valence-electron chi connectivity index (χ1n) is 14.7. The van der Waals surface area contributed by atoms with Crippen LogP contribution in [0.3, 0.4) is 0 Å². The van der Waals surface area contributed by atoms with E-state index in [-0.39, 0.29) is 11.2 Å². The van der Waals surface area contributed by atoms with E-state index in [0.717, 1.165) is 16.7 Å². The number of aromatic nitrogens is 5. The van der Waals surface area contributed by atoms with Gasteiger partial charge in [-0.1, -0.05) is 61.5 Å². The van der Waals surface area contributed by atoms with Crippen LogP contribution >= 0.6 is 0 Å². The summed E-state index contributed by atoms with van der Waals surface area (Å²) >= 11 is 0. The van der Waals surface area contributed by atoms with Gasteiger partial charge in [-0.25, -0.2) is 13.8 Å². The zero-order chi connectivity index (χ0) is 31.3. The minimum absolute atomic E-state index is 0.0793. The van der Waals surface area contributed by atoms with Crippen LogP contribution in [0.5, 0.6) is 11.5 Å². The number of fused-ring (bicyclic) bond motifs is 2. The number of halogens is 1. The normalized spacial score (nSPS) is 20.2. The Hall–Kier alpha value is -5.00. The first kappa shape index (κ1) is 28.8. The molecule has 1 saturated heterocycles. The molecule has 0 aliphatic carbocycles. The lowest BCUT2D eigenvalue weighted by atomic mass is 9.76. The third-order valence-corrected chi connectivity index (χ3v) is 8.72. The van der Waals surface area contributed by atoms with Crippen LogP contribution in [0.25, 0.3) is 16.9 Å². The van der Waals surface area contributed by atoms with Crippen LogP contribution in [-0.4, -0.2) is 61.2 Å². The van der Waals surface area contributed by atoms with Gasteiger partial charge >= 0.3 is 0 Å². The van der Waals surface area contributed by atoms with Crippen LogP contribution in [-0.2, 0) is 10.3 Å². The summed E-state index contributed by atoms with van der Waals surface area (Å²) in [5.41, 5.74) is 1.47. The van der Waals surface area contributed by atoms with Crippen LogP contribution in [0.2, 0.25) is 0 Å². The maximum absolute atomic E-state index is 14.9. The van der Waals surface area contributed by atoms with Crippen LogP contribution in [0.15, 0.2) is 102 Å². The molecule has 4 heterocycles. The summed E-state index contributed by atoms with van der Waals surface area (Å²) in [5.74, 6) is 1.69. The molecular formula is C34H32FN5O5. The number of imidazole rings is 2. The Balaban J connectivity index is 1.55. The minimum atomic E-state index is -1.58. The van der Waals surface area contributed by atoms with E-state index in [0.29, 0.717) is 23.7 Å². The maximum atomic E-state index is 14.9. The molecule has 0 radical (unpaired) electrons. The highest BCUT2D eigenvalue weighted by Gasteiger charge is 2.45. The van der Waals surface area contributed by atoms with E-state index in [4.69, 9.17) is 19.2 Å². The molecule has 0 bridgehead atoms. The SMILES string of the molecule is CC[C@H]1O[C@@H](n2cnc3c(=O)n4ccn(C(c5ccccc5)(c5ccc(OC)cc5)c5ccc(OC)cc5)c4nc32)[C@H](O)[C@@H]1F. The number of rotatable bonds is 8. The summed E-state index contributed by atoms with van der Waals surface area (Å²) in [6.45, 7) is 1.79. The lowest BCUT2D eigenvalue weighted by Crippen LogP contribution is -2.38. The van der Waals surface area contributed by atoms with Gasteiger partial charge in [0.05, 0.1) is 26.7 Å². The number of aliphatic hydroxyl groups is 1. The second kappa shape index (κ2) is 11.2. The van der Waals surface area contributed by atoms with Crippen molar-refractivity contribution in [1.29, 1.82) is 0 Å². The molecule has 1 aliphatic heterocycles. The second-order valence-electron chi connectivity index (χ2n) is 11.0. The average molecular weight is 610 g/mol. The lowest BCUT2D eigenvalue weighted by Gasteiger charge is -2.37. The highest BCUT2D eigenvalue weighted by molar-refractivity contribution is 5.72. The molecule has 3 aromatic carbocycles. The van der Waals surface area contributed by atoms with Gasteiger partial charge in [0.15, 0.2) is 23.6 Å². The Morgan fingerprint density at radius 3 is 2.07 bits per heavy atom. The standard InChI is InChI=1S/C34H32FN5O5/c1-4-26-27(35)29(41)32(45-26)39-20-36-28-30(39)37-33-38(31(28)42)18-19-40(33)34(21-8-6-5-7-9-21,22-10-14-24(43-2)15-11-22)23-12-16-25(44-3)17-13-23/h5-20,26-27,29,32,41H,4H2,1-3H3/t26-,27-,29-,32-/m1/s1. The number of hydrogen-bond acceptors (Lipinski definition) is 7. The Morgan fingerprint density at radius 2 is 1.51 bits per heavy atom. The predicted molar refractivity (Wildman–Crippen MR) is 166 cm³/mol. The van der Waals surface area contributed by atoms with Crippen molar-refractivity contribution < 1.29 is 23.7 Å². The molecule has 0 amide bonds. The molecule has 230 valence electrons. The lowest BCUT2D eigenvalue weighted by molar-refractivity contribution is -0.0355. The van der Waals surface area contributed by atoms with E-state index in [1.165, 1.54) is 15.3 Å². The average Bonchev–Trinajstić information content (AvgIpc) is 3.79. The summed E-state index contributed by atoms with van der Waals surface area (Å²) in [6.07, 6.45) is 0.344. The summed E-state index contributed by atoms with van der Waals surface area (Å²) in [6, 6.07) is 25.5. The number of alkyl halides is 1.